The van der Waals surface area contributed by atoms with Crippen LogP contribution in [0.3, 0.4) is 0 Å². The maximum Gasteiger partial charge on any atom is 0.103 e. The van der Waals surface area contributed by atoms with E-state index < -0.39 is 0 Å². The number of benzene rings is 2. The minimum atomic E-state index is 0.406. The monoisotopic (exact) mass is 343 g/mol. The van der Waals surface area contributed by atoms with Gasteiger partial charge in [0.1, 0.15) is 5.76 Å². The second kappa shape index (κ2) is 6.35. The van der Waals surface area contributed by atoms with Gasteiger partial charge in [-0.15, -0.1) is 0 Å². The molecule has 1 N–H and O–H groups in total. The molecule has 0 radical (unpaired) electrons. The molecule has 0 aliphatic carbocycles. The molecule has 0 aliphatic rings. The van der Waals surface area contributed by atoms with Crippen molar-refractivity contribution >= 4 is 32.4 Å². The summed E-state index contributed by atoms with van der Waals surface area (Å²) in [5, 5.41) is 6.06. The molecule has 2 aromatic carbocycles. The molecule has 0 bridgehead atoms. The number of fused-ring (bicyclic) bond motifs is 1. The average Bonchev–Trinajstić information content (AvgIpc) is 2.99. The number of aryl methyl sites for hydroxylation is 1. The van der Waals surface area contributed by atoms with Gasteiger partial charge in [-0.1, -0.05) is 28.1 Å². The summed E-state index contributed by atoms with van der Waals surface area (Å²) in [7, 11) is 0. The third-order valence-corrected chi connectivity index (χ3v) is 4.11. The second-order valence-corrected chi connectivity index (χ2v) is 6.29. The number of hydrogen-bond donors (Lipinski definition) is 1. The van der Waals surface area contributed by atoms with Crippen LogP contribution in [-0.2, 0) is 6.42 Å². The van der Waals surface area contributed by atoms with Crippen molar-refractivity contribution in [1.82, 2.24) is 0 Å². The molecule has 1 unspecified atom stereocenters. The van der Waals surface area contributed by atoms with E-state index in [-0.39, 0.29) is 0 Å². The molecule has 3 heteroatoms. The lowest BCUT2D eigenvalue weighted by Crippen LogP contribution is -2.15. The molecule has 21 heavy (non-hydrogen) atoms. The maximum atomic E-state index is 5.37. The summed E-state index contributed by atoms with van der Waals surface area (Å²) in [6, 6.07) is 17.2. The molecule has 1 aromatic heterocycles. The first-order valence-corrected chi connectivity index (χ1v) is 7.98. The Bertz CT molecular complexity index is 721. The zero-order valence-electron chi connectivity index (χ0n) is 12.0. The summed E-state index contributed by atoms with van der Waals surface area (Å²) in [6.45, 7) is 2.20. The van der Waals surface area contributed by atoms with Gasteiger partial charge < -0.3 is 9.73 Å². The van der Waals surface area contributed by atoms with Crippen molar-refractivity contribution in [3.8, 4) is 0 Å². The summed E-state index contributed by atoms with van der Waals surface area (Å²) < 4.78 is 6.48. The molecule has 1 heterocycles. The fourth-order valence-electron chi connectivity index (χ4n) is 2.48. The number of rotatable bonds is 5. The quantitative estimate of drug-likeness (QED) is 0.649. The molecular weight excluding hydrogens is 326 g/mol. The fraction of sp³-hybridized carbons (Fsp3) is 0.222. The molecule has 0 fully saturated rings. The minimum absolute atomic E-state index is 0.406. The van der Waals surface area contributed by atoms with E-state index in [1.165, 1.54) is 10.8 Å². The van der Waals surface area contributed by atoms with Gasteiger partial charge in [0.2, 0.25) is 0 Å². The van der Waals surface area contributed by atoms with Crippen LogP contribution in [0.15, 0.2) is 63.7 Å². The Morgan fingerprint density at radius 2 is 1.90 bits per heavy atom. The zero-order valence-corrected chi connectivity index (χ0v) is 13.6. The highest BCUT2D eigenvalue weighted by atomic mass is 79.9. The predicted octanol–water partition coefficient (Wildman–Crippen LogP) is 5.63. The highest BCUT2D eigenvalue weighted by Crippen LogP contribution is 2.23. The van der Waals surface area contributed by atoms with Crippen molar-refractivity contribution < 1.29 is 4.42 Å². The van der Waals surface area contributed by atoms with Crippen molar-refractivity contribution in [2.24, 2.45) is 0 Å². The Morgan fingerprint density at radius 1 is 1.10 bits per heavy atom. The van der Waals surface area contributed by atoms with Crippen LogP contribution in [-0.4, -0.2) is 6.04 Å². The standard InChI is InChI=1S/C18H18BrNO/c1-13(4-9-18-3-2-10-21-18)20-17-8-6-14-11-16(19)7-5-15(14)12-17/h2-3,5-8,10-13,20H,4,9H2,1H3. The molecule has 0 saturated heterocycles. The van der Waals surface area contributed by atoms with Crippen LogP contribution in [0.2, 0.25) is 0 Å². The lowest BCUT2D eigenvalue weighted by molar-refractivity contribution is 0.495. The molecule has 0 aliphatic heterocycles. The van der Waals surface area contributed by atoms with E-state index >= 15 is 0 Å². The normalized spacial score (nSPS) is 12.5. The first-order chi connectivity index (χ1) is 10.2. The highest BCUT2D eigenvalue weighted by Gasteiger charge is 2.05. The van der Waals surface area contributed by atoms with Gasteiger partial charge in [0.05, 0.1) is 6.26 Å². The second-order valence-electron chi connectivity index (χ2n) is 5.37. The number of halogens is 1. The average molecular weight is 344 g/mol. The first-order valence-electron chi connectivity index (χ1n) is 7.19. The van der Waals surface area contributed by atoms with E-state index in [0.29, 0.717) is 6.04 Å². The predicted molar refractivity (Wildman–Crippen MR) is 91.8 cm³/mol. The van der Waals surface area contributed by atoms with Crippen molar-refractivity contribution in [2.45, 2.75) is 25.8 Å². The molecule has 2 nitrogen and oxygen atoms in total. The van der Waals surface area contributed by atoms with Gasteiger partial charge in [-0.25, -0.2) is 0 Å². The Hall–Kier alpha value is -1.74. The third kappa shape index (κ3) is 3.67. The molecule has 0 saturated carbocycles. The van der Waals surface area contributed by atoms with Crippen LogP contribution in [0.1, 0.15) is 19.1 Å². The van der Waals surface area contributed by atoms with E-state index in [1.54, 1.807) is 6.26 Å². The van der Waals surface area contributed by atoms with Crippen LogP contribution in [0, 0.1) is 0 Å². The van der Waals surface area contributed by atoms with Gasteiger partial charge in [-0.2, -0.15) is 0 Å². The van der Waals surface area contributed by atoms with Crippen molar-refractivity contribution in [1.29, 1.82) is 0 Å². The number of furan rings is 1. The largest absolute Gasteiger partial charge is 0.469 e. The van der Waals surface area contributed by atoms with Gasteiger partial charge in [-0.05, 0) is 60.5 Å². The Balaban J connectivity index is 1.65. The van der Waals surface area contributed by atoms with E-state index in [9.17, 15) is 0 Å². The van der Waals surface area contributed by atoms with Gasteiger partial charge in [0.25, 0.3) is 0 Å². The van der Waals surface area contributed by atoms with Crippen molar-refractivity contribution in [2.75, 3.05) is 5.32 Å². The topological polar surface area (TPSA) is 25.2 Å². The van der Waals surface area contributed by atoms with Crippen molar-refractivity contribution in [3.63, 3.8) is 0 Å². The Morgan fingerprint density at radius 3 is 2.71 bits per heavy atom. The fourth-order valence-corrected chi connectivity index (χ4v) is 2.86. The van der Waals surface area contributed by atoms with Crippen LogP contribution in [0.5, 0.6) is 0 Å². The van der Waals surface area contributed by atoms with E-state index in [0.717, 1.165) is 28.8 Å². The number of hydrogen-bond acceptors (Lipinski definition) is 2. The molecule has 1 atom stereocenters. The molecule has 0 amide bonds. The third-order valence-electron chi connectivity index (χ3n) is 3.62. The number of nitrogens with one attached hydrogen (secondary N) is 1. The first kappa shape index (κ1) is 14.2. The van der Waals surface area contributed by atoms with Gasteiger partial charge in [0.15, 0.2) is 0 Å². The van der Waals surface area contributed by atoms with Gasteiger partial charge >= 0.3 is 0 Å². The highest BCUT2D eigenvalue weighted by molar-refractivity contribution is 9.10. The molecule has 108 valence electrons. The van der Waals surface area contributed by atoms with Crippen LogP contribution < -0.4 is 5.32 Å². The Labute approximate surface area is 133 Å². The van der Waals surface area contributed by atoms with Crippen LogP contribution in [0.4, 0.5) is 5.69 Å². The molecular formula is C18H18BrNO. The number of anilines is 1. The van der Waals surface area contributed by atoms with Crippen LogP contribution in [0.25, 0.3) is 10.8 Å². The summed E-state index contributed by atoms with van der Waals surface area (Å²) in [5.41, 5.74) is 1.16. The van der Waals surface area contributed by atoms with E-state index in [1.807, 2.05) is 12.1 Å². The van der Waals surface area contributed by atoms with Crippen LogP contribution >= 0.6 is 15.9 Å². The SMILES string of the molecule is CC(CCc1ccco1)Nc1ccc2cc(Br)ccc2c1. The lowest BCUT2D eigenvalue weighted by Gasteiger charge is -2.15. The maximum absolute atomic E-state index is 5.37. The molecule has 0 spiro atoms. The van der Waals surface area contributed by atoms with Gasteiger partial charge in [0, 0.05) is 22.6 Å². The smallest absolute Gasteiger partial charge is 0.103 e. The summed E-state index contributed by atoms with van der Waals surface area (Å²) in [4.78, 5) is 0. The molecule has 3 rings (SSSR count). The van der Waals surface area contributed by atoms with E-state index in [4.69, 9.17) is 4.42 Å². The van der Waals surface area contributed by atoms with E-state index in [2.05, 4.69) is 64.6 Å². The summed E-state index contributed by atoms with van der Waals surface area (Å²) in [6.07, 6.45) is 3.74. The summed E-state index contributed by atoms with van der Waals surface area (Å²) >= 11 is 3.51. The summed E-state index contributed by atoms with van der Waals surface area (Å²) in [5.74, 6) is 1.05. The van der Waals surface area contributed by atoms with Crippen molar-refractivity contribution in [3.05, 3.63) is 65.0 Å². The lowest BCUT2D eigenvalue weighted by atomic mass is 10.1. The Kier molecular flexibility index (Phi) is 4.30. The minimum Gasteiger partial charge on any atom is -0.469 e. The molecule has 3 aromatic rings. The zero-order chi connectivity index (χ0) is 14.7. The van der Waals surface area contributed by atoms with Gasteiger partial charge in [-0.3, -0.25) is 0 Å².